The summed E-state index contributed by atoms with van der Waals surface area (Å²) < 4.78 is 0. The Bertz CT molecular complexity index is 787. The number of hydrogen-bond acceptors (Lipinski definition) is 5. The van der Waals surface area contributed by atoms with Gasteiger partial charge in [-0.15, -0.1) is 0 Å². The van der Waals surface area contributed by atoms with Gasteiger partial charge in [-0.25, -0.2) is 0 Å². The zero-order valence-corrected chi connectivity index (χ0v) is 34.6. The third-order valence-corrected chi connectivity index (χ3v) is 10.6. The minimum atomic E-state index is -1.29. The standard InChI is InChI=1S/C46H89NO5/c1-3-5-7-9-11-13-15-16-17-18-19-20-21-22-23-24-25-26-27-28-30-31-33-35-37-39-43(49)45(51)42(41-48)47-46(52)44(50)40-38-36-34-32-29-14-12-10-8-6-4-2/h26-27,31,33,42-45,48-51H,3-25,28-30,32,34-41H2,1-2H3,(H,47,52)/b27-26+,33-31+. The lowest BCUT2D eigenvalue weighted by Crippen LogP contribution is -2.53. The van der Waals surface area contributed by atoms with Gasteiger partial charge in [0, 0.05) is 0 Å². The highest BCUT2D eigenvalue weighted by molar-refractivity contribution is 5.80. The van der Waals surface area contributed by atoms with E-state index < -0.39 is 36.9 Å². The van der Waals surface area contributed by atoms with E-state index in [9.17, 15) is 25.2 Å². The van der Waals surface area contributed by atoms with Crippen molar-refractivity contribution in [1.29, 1.82) is 0 Å². The van der Waals surface area contributed by atoms with Crippen molar-refractivity contribution in [2.24, 2.45) is 0 Å². The number of carbonyl (C=O) groups excluding carboxylic acids is 1. The number of rotatable bonds is 41. The third kappa shape index (κ3) is 34.6. The molecule has 0 spiro atoms. The van der Waals surface area contributed by atoms with Crippen LogP contribution in [-0.2, 0) is 4.79 Å². The lowest BCUT2D eigenvalue weighted by Gasteiger charge is -2.27. The van der Waals surface area contributed by atoms with Crippen LogP contribution in [0.4, 0.5) is 0 Å². The van der Waals surface area contributed by atoms with Gasteiger partial charge < -0.3 is 25.7 Å². The highest BCUT2D eigenvalue weighted by Gasteiger charge is 2.28. The maximum absolute atomic E-state index is 12.5. The molecule has 1 amide bonds. The van der Waals surface area contributed by atoms with Gasteiger partial charge in [0.25, 0.3) is 0 Å². The first-order chi connectivity index (χ1) is 25.5. The average Bonchev–Trinajstić information content (AvgIpc) is 3.15. The highest BCUT2D eigenvalue weighted by Crippen LogP contribution is 2.16. The molecule has 0 aromatic carbocycles. The number of amides is 1. The van der Waals surface area contributed by atoms with Crippen LogP contribution in [0, 0.1) is 0 Å². The molecule has 0 fully saturated rings. The monoisotopic (exact) mass is 736 g/mol. The molecular weight excluding hydrogens is 647 g/mol. The summed E-state index contributed by atoms with van der Waals surface area (Å²) in [6, 6.07) is -1.00. The van der Waals surface area contributed by atoms with Crippen molar-refractivity contribution in [3.63, 3.8) is 0 Å². The molecule has 4 atom stereocenters. The number of allylic oxidation sites excluding steroid dienone is 4. The van der Waals surface area contributed by atoms with Crippen molar-refractivity contribution in [2.75, 3.05) is 6.61 Å². The summed E-state index contributed by atoms with van der Waals surface area (Å²) in [5, 5.41) is 43.6. The molecular formula is C46H89NO5. The maximum Gasteiger partial charge on any atom is 0.249 e. The van der Waals surface area contributed by atoms with Gasteiger partial charge in [0.15, 0.2) is 0 Å². The Morgan fingerprint density at radius 3 is 1.21 bits per heavy atom. The molecule has 6 nitrogen and oxygen atoms in total. The van der Waals surface area contributed by atoms with E-state index in [2.05, 4.69) is 43.5 Å². The Hall–Kier alpha value is -1.21. The number of carbonyl (C=O) groups is 1. The first kappa shape index (κ1) is 50.8. The van der Waals surface area contributed by atoms with Gasteiger partial charge >= 0.3 is 0 Å². The quantitative estimate of drug-likeness (QED) is 0.0317. The summed E-state index contributed by atoms with van der Waals surface area (Å²) in [5.41, 5.74) is 0. The van der Waals surface area contributed by atoms with Crippen LogP contribution in [0.5, 0.6) is 0 Å². The van der Waals surface area contributed by atoms with E-state index in [0.717, 1.165) is 38.5 Å². The van der Waals surface area contributed by atoms with E-state index in [0.29, 0.717) is 19.3 Å². The van der Waals surface area contributed by atoms with Crippen molar-refractivity contribution >= 4 is 5.91 Å². The van der Waals surface area contributed by atoms with Gasteiger partial charge in [0.05, 0.1) is 18.8 Å². The third-order valence-electron chi connectivity index (χ3n) is 10.6. The fourth-order valence-corrected chi connectivity index (χ4v) is 7.01. The molecule has 52 heavy (non-hydrogen) atoms. The summed E-state index contributed by atoms with van der Waals surface area (Å²) in [4.78, 5) is 12.5. The van der Waals surface area contributed by atoms with E-state index in [-0.39, 0.29) is 0 Å². The fraction of sp³-hybridized carbons (Fsp3) is 0.891. The summed E-state index contributed by atoms with van der Waals surface area (Å²) in [6.45, 7) is 4.03. The molecule has 0 aliphatic heterocycles. The summed E-state index contributed by atoms with van der Waals surface area (Å²) in [6.07, 6.45) is 46.6. The lowest BCUT2D eigenvalue weighted by atomic mass is 10.00. The van der Waals surface area contributed by atoms with Crippen molar-refractivity contribution in [3.05, 3.63) is 24.3 Å². The Labute approximate surface area is 323 Å². The number of nitrogens with one attached hydrogen (secondary N) is 1. The molecule has 5 N–H and O–H groups in total. The smallest absolute Gasteiger partial charge is 0.249 e. The van der Waals surface area contributed by atoms with Crippen LogP contribution < -0.4 is 5.32 Å². The van der Waals surface area contributed by atoms with Crippen LogP contribution >= 0.6 is 0 Å². The van der Waals surface area contributed by atoms with Gasteiger partial charge in [-0.2, -0.15) is 0 Å². The molecule has 0 rings (SSSR count). The van der Waals surface area contributed by atoms with E-state index in [4.69, 9.17) is 0 Å². The number of aliphatic hydroxyl groups excluding tert-OH is 4. The zero-order valence-electron chi connectivity index (χ0n) is 34.6. The Morgan fingerprint density at radius 1 is 0.462 bits per heavy atom. The second-order valence-electron chi connectivity index (χ2n) is 15.7. The van der Waals surface area contributed by atoms with Crippen LogP contribution in [0.3, 0.4) is 0 Å². The van der Waals surface area contributed by atoms with Crippen LogP contribution in [-0.4, -0.2) is 57.3 Å². The normalized spacial score (nSPS) is 14.3. The predicted molar refractivity (Wildman–Crippen MR) is 224 cm³/mol. The van der Waals surface area contributed by atoms with Crippen molar-refractivity contribution < 1.29 is 25.2 Å². The minimum Gasteiger partial charge on any atom is -0.394 e. The van der Waals surface area contributed by atoms with E-state index in [1.807, 2.05) is 0 Å². The van der Waals surface area contributed by atoms with Crippen molar-refractivity contribution in [1.82, 2.24) is 5.32 Å². The molecule has 0 heterocycles. The SMILES string of the molecule is CCCCCCCCCCCCCCCCCC/C=C/CC/C=C/CCCC(O)C(O)C(CO)NC(=O)C(O)CCCCCCCCCCCCC. The van der Waals surface area contributed by atoms with E-state index in [1.165, 1.54) is 161 Å². The molecule has 0 saturated carbocycles. The van der Waals surface area contributed by atoms with Gasteiger partial charge in [-0.3, -0.25) is 4.79 Å². The van der Waals surface area contributed by atoms with Crippen molar-refractivity contribution in [3.8, 4) is 0 Å². The molecule has 308 valence electrons. The summed E-state index contributed by atoms with van der Waals surface area (Å²) in [7, 11) is 0. The Morgan fingerprint density at radius 2 is 0.808 bits per heavy atom. The topological polar surface area (TPSA) is 110 Å². The summed E-state index contributed by atoms with van der Waals surface area (Å²) >= 11 is 0. The second-order valence-corrected chi connectivity index (χ2v) is 15.7. The van der Waals surface area contributed by atoms with Gasteiger partial charge in [-0.05, 0) is 51.4 Å². The maximum atomic E-state index is 12.5. The van der Waals surface area contributed by atoms with Crippen LogP contribution in [0.2, 0.25) is 0 Å². The molecule has 0 bridgehead atoms. The van der Waals surface area contributed by atoms with E-state index >= 15 is 0 Å². The highest BCUT2D eigenvalue weighted by atomic mass is 16.3. The van der Waals surface area contributed by atoms with Gasteiger partial charge in [0.2, 0.25) is 5.91 Å². The Balaban J connectivity index is 3.73. The lowest BCUT2D eigenvalue weighted by molar-refractivity contribution is -0.132. The van der Waals surface area contributed by atoms with Crippen molar-refractivity contribution in [2.45, 2.75) is 257 Å². The van der Waals surface area contributed by atoms with Gasteiger partial charge in [0.1, 0.15) is 12.2 Å². The predicted octanol–water partition coefficient (Wildman–Crippen LogP) is 12.0. The Kier molecular flexibility index (Phi) is 40.0. The largest absolute Gasteiger partial charge is 0.394 e. The van der Waals surface area contributed by atoms with Crippen LogP contribution in [0.1, 0.15) is 232 Å². The number of aliphatic hydroxyl groups is 4. The van der Waals surface area contributed by atoms with E-state index in [1.54, 1.807) is 0 Å². The van der Waals surface area contributed by atoms with Crippen LogP contribution in [0.25, 0.3) is 0 Å². The number of unbranched alkanes of at least 4 members (excludes halogenated alkanes) is 28. The molecule has 0 aliphatic rings. The average molecular weight is 736 g/mol. The molecule has 0 aromatic heterocycles. The minimum absolute atomic E-state index is 0.362. The van der Waals surface area contributed by atoms with Gasteiger partial charge in [-0.1, -0.05) is 205 Å². The fourth-order valence-electron chi connectivity index (χ4n) is 7.01. The molecule has 0 saturated heterocycles. The summed E-state index contributed by atoms with van der Waals surface area (Å²) in [5.74, 6) is -0.598. The molecule has 0 aliphatic carbocycles. The molecule has 0 radical (unpaired) electrons. The van der Waals surface area contributed by atoms with Crippen LogP contribution in [0.15, 0.2) is 24.3 Å². The zero-order chi connectivity index (χ0) is 38.2. The molecule has 0 aromatic rings. The first-order valence-corrected chi connectivity index (χ1v) is 22.7. The second kappa shape index (κ2) is 41.0. The molecule has 6 heteroatoms. The first-order valence-electron chi connectivity index (χ1n) is 22.7. The number of hydrogen-bond donors (Lipinski definition) is 5. The molecule has 4 unspecified atom stereocenters.